The molecule has 2 aromatic rings. The van der Waals surface area contributed by atoms with E-state index in [0.717, 1.165) is 6.42 Å². The zero-order chi connectivity index (χ0) is 13.9. The van der Waals surface area contributed by atoms with E-state index < -0.39 is 0 Å². The lowest BCUT2D eigenvalue weighted by atomic mass is 10.1. The molecule has 0 spiro atoms. The van der Waals surface area contributed by atoms with Crippen LogP contribution in [0.25, 0.3) is 0 Å². The fourth-order valence-corrected chi connectivity index (χ4v) is 2.62. The summed E-state index contributed by atoms with van der Waals surface area (Å²) in [4.78, 5) is 0. The summed E-state index contributed by atoms with van der Waals surface area (Å²) in [6.07, 6.45) is 1.11. The van der Waals surface area contributed by atoms with E-state index in [9.17, 15) is 4.39 Å². The van der Waals surface area contributed by atoms with Crippen molar-refractivity contribution in [1.29, 1.82) is 0 Å². The molecule has 0 aliphatic heterocycles. The van der Waals surface area contributed by atoms with Gasteiger partial charge in [-0.15, -0.1) is 0 Å². The van der Waals surface area contributed by atoms with E-state index in [1.54, 1.807) is 19.2 Å². The van der Waals surface area contributed by atoms with Gasteiger partial charge in [-0.25, -0.2) is 4.39 Å². The Labute approximate surface area is 118 Å². The molecule has 1 saturated carbocycles. The molecule has 2 aromatic carbocycles. The zero-order valence-corrected chi connectivity index (χ0v) is 11.5. The first-order valence-corrected chi connectivity index (χ1v) is 6.89. The minimum atomic E-state index is -0.214. The number of methoxy groups -OCH3 is 1. The van der Waals surface area contributed by atoms with E-state index >= 15 is 0 Å². The van der Waals surface area contributed by atoms with Crippen LogP contribution in [-0.2, 0) is 6.54 Å². The fourth-order valence-electron chi connectivity index (χ4n) is 2.62. The Bertz CT molecular complexity index is 585. The molecule has 2 unspecified atom stereocenters. The van der Waals surface area contributed by atoms with Crippen LogP contribution < -0.4 is 10.1 Å². The van der Waals surface area contributed by atoms with Gasteiger partial charge < -0.3 is 10.1 Å². The van der Waals surface area contributed by atoms with Gasteiger partial charge in [0, 0.05) is 24.1 Å². The quantitative estimate of drug-likeness (QED) is 0.899. The molecule has 2 nitrogen and oxygen atoms in total. The standard InChI is InChI=1S/C17H18FNO/c1-20-17-9-5-8-15(18)14(17)11-19-16-10-13(16)12-6-3-2-4-7-12/h2-9,13,16,19H,10-11H2,1H3. The Morgan fingerprint density at radius 2 is 1.95 bits per heavy atom. The van der Waals surface area contributed by atoms with Crippen molar-refractivity contribution in [3.63, 3.8) is 0 Å². The number of rotatable bonds is 5. The molecule has 1 N–H and O–H groups in total. The Balaban J connectivity index is 1.62. The van der Waals surface area contributed by atoms with Crippen LogP contribution in [0.5, 0.6) is 5.75 Å². The van der Waals surface area contributed by atoms with Crippen molar-refractivity contribution < 1.29 is 9.13 Å². The molecule has 1 aliphatic carbocycles. The second-order valence-electron chi connectivity index (χ2n) is 5.16. The topological polar surface area (TPSA) is 21.3 Å². The highest BCUT2D eigenvalue weighted by atomic mass is 19.1. The summed E-state index contributed by atoms with van der Waals surface area (Å²) >= 11 is 0. The summed E-state index contributed by atoms with van der Waals surface area (Å²) in [5, 5.41) is 3.42. The summed E-state index contributed by atoms with van der Waals surface area (Å²) in [5.74, 6) is 0.942. The first-order chi connectivity index (χ1) is 9.79. The third kappa shape index (κ3) is 2.68. The number of halogens is 1. The number of benzene rings is 2. The molecule has 0 heterocycles. The summed E-state index contributed by atoms with van der Waals surface area (Å²) in [5.41, 5.74) is 1.96. The summed E-state index contributed by atoms with van der Waals surface area (Å²) in [7, 11) is 1.57. The van der Waals surface area contributed by atoms with Crippen LogP contribution in [0.4, 0.5) is 4.39 Å². The van der Waals surface area contributed by atoms with E-state index in [4.69, 9.17) is 4.74 Å². The van der Waals surface area contributed by atoms with Crippen LogP contribution in [0.3, 0.4) is 0 Å². The van der Waals surface area contributed by atoms with Crippen LogP contribution in [-0.4, -0.2) is 13.2 Å². The molecule has 0 amide bonds. The third-order valence-electron chi connectivity index (χ3n) is 3.85. The van der Waals surface area contributed by atoms with E-state index in [2.05, 4.69) is 29.6 Å². The molecule has 3 heteroatoms. The molecule has 104 valence electrons. The lowest BCUT2D eigenvalue weighted by Crippen LogP contribution is -2.18. The number of hydrogen-bond donors (Lipinski definition) is 1. The van der Waals surface area contributed by atoms with E-state index in [0.29, 0.717) is 29.8 Å². The molecule has 0 radical (unpaired) electrons. The van der Waals surface area contributed by atoms with Crippen molar-refractivity contribution in [3.05, 3.63) is 65.5 Å². The van der Waals surface area contributed by atoms with Crippen LogP contribution in [0.15, 0.2) is 48.5 Å². The maximum atomic E-state index is 13.8. The van der Waals surface area contributed by atoms with Crippen LogP contribution in [0.2, 0.25) is 0 Å². The number of nitrogens with one attached hydrogen (secondary N) is 1. The molecular weight excluding hydrogens is 253 g/mol. The normalized spacial score (nSPS) is 20.7. The molecule has 2 atom stereocenters. The average Bonchev–Trinajstić information content (AvgIpc) is 3.26. The molecular formula is C17H18FNO. The molecule has 0 saturated heterocycles. The van der Waals surface area contributed by atoms with Crippen molar-refractivity contribution >= 4 is 0 Å². The average molecular weight is 271 g/mol. The van der Waals surface area contributed by atoms with Crippen LogP contribution in [0.1, 0.15) is 23.5 Å². The van der Waals surface area contributed by atoms with Crippen LogP contribution >= 0.6 is 0 Å². The molecule has 20 heavy (non-hydrogen) atoms. The summed E-state index contributed by atoms with van der Waals surface area (Å²) < 4.78 is 19.0. The van der Waals surface area contributed by atoms with Gasteiger partial charge in [0.2, 0.25) is 0 Å². The number of hydrogen-bond acceptors (Lipinski definition) is 2. The smallest absolute Gasteiger partial charge is 0.131 e. The van der Waals surface area contributed by atoms with Gasteiger partial charge in [-0.2, -0.15) is 0 Å². The monoisotopic (exact) mass is 271 g/mol. The summed E-state index contributed by atoms with van der Waals surface area (Å²) in [6.45, 7) is 0.504. The highest BCUT2D eigenvalue weighted by molar-refractivity contribution is 5.35. The highest BCUT2D eigenvalue weighted by Gasteiger charge is 2.37. The van der Waals surface area contributed by atoms with Gasteiger partial charge in [0.25, 0.3) is 0 Å². The Morgan fingerprint density at radius 1 is 1.15 bits per heavy atom. The predicted octanol–water partition coefficient (Wildman–Crippen LogP) is 3.48. The van der Waals surface area contributed by atoms with Gasteiger partial charge in [0.05, 0.1) is 7.11 Å². The Kier molecular flexibility index (Phi) is 3.70. The second-order valence-corrected chi connectivity index (χ2v) is 5.16. The van der Waals surface area contributed by atoms with Crippen molar-refractivity contribution in [2.45, 2.75) is 24.9 Å². The van der Waals surface area contributed by atoms with Gasteiger partial charge in [0.1, 0.15) is 11.6 Å². The number of ether oxygens (including phenoxy) is 1. The summed E-state index contributed by atoms with van der Waals surface area (Å²) in [6, 6.07) is 15.8. The van der Waals surface area contributed by atoms with Crippen LogP contribution in [0, 0.1) is 5.82 Å². The lowest BCUT2D eigenvalue weighted by molar-refractivity contribution is 0.401. The van der Waals surface area contributed by atoms with Gasteiger partial charge >= 0.3 is 0 Å². The molecule has 1 aliphatic rings. The van der Waals surface area contributed by atoms with Crippen molar-refractivity contribution in [2.24, 2.45) is 0 Å². The van der Waals surface area contributed by atoms with E-state index in [1.807, 2.05) is 6.07 Å². The first kappa shape index (κ1) is 13.1. The first-order valence-electron chi connectivity index (χ1n) is 6.89. The third-order valence-corrected chi connectivity index (χ3v) is 3.85. The maximum absolute atomic E-state index is 13.8. The maximum Gasteiger partial charge on any atom is 0.131 e. The molecule has 3 rings (SSSR count). The minimum absolute atomic E-state index is 0.214. The lowest BCUT2D eigenvalue weighted by Gasteiger charge is -2.10. The van der Waals surface area contributed by atoms with Crippen molar-refractivity contribution in [1.82, 2.24) is 5.32 Å². The Hall–Kier alpha value is -1.87. The van der Waals surface area contributed by atoms with Gasteiger partial charge in [-0.3, -0.25) is 0 Å². The minimum Gasteiger partial charge on any atom is -0.496 e. The van der Waals surface area contributed by atoms with E-state index in [-0.39, 0.29) is 5.82 Å². The predicted molar refractivity (Wildman–Crippen MR) is 77.4 cm³/mol. The van der Waals surface area contributed by atoms with E-state index in [1.165, 1.54) is 11.6 Å². The molecule has 0 bridgehead atoms. The fraction of sp³-hybridized carbons (Fsp3) is 0.294. The van der Waals surface area contributed by atoms with Gasteiger partial charge in [0.15, 0.2) is 0 Å². The molecule has 1 fully saturated rings. The largest absolute Gasteiger partial charge is 0.496 e. The van der Waals surface area contributed by atoms with Crippen molar-refractivity contribution in [2.75, 3.05) is 7.11 Å². The molecule has 0 aromatic heterocycles. The van der Waals surface area contributed by atoms with Gasteiger partial charge in [-0.05, 0) is 24.1 Å². The van der Waals surface area contributed by atoms with Crippen molar-refractivity contribution in [3.8, 4) is 5.75 Å². The Morgan fingerprint density at radius 3 is 2.70 bits per heavy atom. The SMILES string of the molecule is COc1cccc(F)c1CNC1CC1c1ccccc1. The second kappa shape index (κ2) is 5.63. The van der Waals surface area contributed by atoms with Gasteiger partial charge in [-0.1, -0.05) is 36.4 Å². The highest BCUT2D eigenvalue weighted by Crippen LogP contribution is 2.41. The zero-order valence-electron chi connectivity index (χ0n) is 11.5.